The van der Waals surface area contributed by atoms with Crippen LogP contribution >= 0.6 is 0 Å². The smallest absolute Gasteiger partial charge is 0.133 e. The Hall–Kier alpha value is -4.09. The summed E-state index contributed by atoms with van der Waals surface area (Å²) in [4.78, 5) is 23.8. The van der Waals surface area contributed by atoms with Gasteiger partial charge in [0, 0.05) is 60.6 Å². The molecule has 39 heavy (non-hydrogen) atoms. The van der Waals surface area contributed by atoms with Gasteiger partial charge in [0.1, 0.15) is 18.2 Å². The van der Waals surface area contributed by atoms with Crippen LogP contribution in [0.25, 0.3) is 22.0 Å². The Labute approximate surface area is 229 Å². The van der Waals surface area contributed by atoms with E-state index in [1.807, 2.05) is 38.1 Å². The summed E-state index contributed by atoms with van der Waals surface area (Å²) in [6.45, 7) is 8.66. The lowest BCUT2D eigenvalue weighted by Crippen LogP contribution is -2.47. The highest BCUT2D eigenvalue weighted by molar-refractivity contribution is 5.84. The average molecular weight is 527 g/mol. The minimum atomic E-state index is -0.284. The van der Waals surface area contributed by atoms with Gasteiger partial charge in [-0.2, -0.15) is 10.2 Å². The van der Waals surface area contributed by atoms with Crippen molar-refractivity contribution in [3.05, 3.63) is 88.3 Å². The molecule has 2 aromatic heterocycles. The predicted octanol–water partition coefficient (Wildman–Crippen LogP) is 6.68. The number of hydrogen-bond acceptors (Lipinski definition) is 6. The maximum atomic E-state index is 13.3. The molecule has 3 heterocycles. The van der Waals surface area contributed by atoms with E-state index in [4.69, 9.17) is 0 Å². The van der Waals surface area contributed by atoms with Crippen molar-refractivity contribution in [3.63, 3.8) is 0 Å². The van der Waals surface area contributed by atoms with Crippen molar-refractivity contribution in [2.75, 3.05) is 37.6 Å². The van der Waals surface area contributed by atoms with E-state index in [2.05, 4.69) is 37.2 Å². The topological polar surface area (TPSA) is 88.4 Å². The van der Waals surface area contributed by atoms with Crippen LogP contribution in [-0.4, -0.2) is 47.6 Å². The molecule has 4 aromatic rings. The Balaban J connectivity index is 0.00000172. The first-order valence-electron chi connectivity index (χ1n) is 13.7. The Bertz CT molecular complexity index is 1420. The standard InChI is InChI=1S/C29H29FN6O.C2H6/c30-26-7-5-22(6-8-26)24-16-25(20-34-37)29(33-19-24)36-13-11-35(12-14-36)10-2-1-3-23-18-32-28-9-4-21(17-31)15-27(23)28;1-2/h4-9,15-16,18-19,32H,1-3,10-14,20H2;1-2H3. The molecular formula is C31H35FN6O. The first-order chi connectivity index (χ1) is 19.1. The molecule has 0 unspecified atom stereocenters. The second-order valence-corrected chi connectivity index (χ2v) is 9.47. The van der Waals surface area contributed by atoms with E-state index in [1.165, 1.54) is 17.7 Å². The quantitative estimate of drug-likeness (QED) is 0.194. The average Bonchev–Trinajstić information content (AvgIpc) is 3.39. The van der Waals surface area contributed by atoms with Crippen molar-refractivity contribution >= 4 is 16.7 Å². The van der Waals surface area contributed by atoms with Crippen molar-refractivity contribution in [1.82, 2.24) is 14.9 Å². The molecule has 1 fully saturated rings. The van der Waals surface area contributed by atoms with E-state index in [0.717, 1.165) is 85.4 Å². The fourth-order valence-electron chi connectivity index (χ4n) is 5.06. The zero-order chi connectivity index (χ0) is 27.6. The molecule has 0 bridgehead atoms. The second-order valence-electron chi connectivity index (χ2n) is 9.47. The number of nitroso groups, excluding NO2 is 1. The fraction of sp³-hybridized carbons (Fsp3) is 0.355. The van der Waals surface area contributed by atoms with Crippen molar-refractivity contribution in [2.24, 2.45) is 5.18 Å². The van der Waals surface area contributed by atoms with Crippen LogP contribution < -0.4 is 4.90 Å². The minimum absolute atomic E-state index is 0.0568. The summed E-state index contributed by atoms with van der Waals surface area (Å²) >= 11 is 0. The van der Waals surface area contributed by atoms with Crippen LogP contribution in [0.1, 0.15) is 43.4 Å². The molecule has 0 saturated carbocycles. The lowest BCUT2D eigenvalue weighted by atomic mass is 10.0. The van der Waals surface area contributed by atoms with Gasteiger partial charge in [-0.05, 0) is 73.3 Å². The van der Waals surface area contributed by atoms with Crippen LogP contribution in [0.5, 0.6) is 0 Å². The van der Waals surface area contributed by atoms with Gasteiger partial charge in [-0.3, -0.25) is 4.90 Å². The lowest BCUT2D eigenvalue weighted by molar-refractivity contribution is 0.252. The SMILES string of the molecule is CC.N#Cc1ccc2[nH]cc(CCCCN3CCN(c4ncc(-c5ccc(F)cc5)cc4CN=O)CC3)c2c1. The number of H-pyrrole nitrogens is 1. The molecule has 0 aliphatic carbocycles. The summed E-state index contributed by atoms with van der Waals surface area (Å²) < 4.78 is 13.3. The third-order valence-corrected chi connectivity index (χ3v) is 7.09. The van der Waals surface area contributed by atoms with E-state index in [-0.39, 0.29) is 12.4 Å². The van der Waals surface area contributed by atoms with Crippen molar-refractivity contribution in [3.8, 4) is 17.2 Å². The zero-order valence-corrected chi connectivity index (χ0v) is 22.7. The summed E-state index contributed by atoms with van der Waals surface area (Å²) in [5.41, 5.74) is 5.54. The number of halogens is 1. The Kier molecular flexibility index (Phi) is 9.76. The van der Waals surface area contributed by atoms with Crippen LogP contribution in [-0.2, 0) is 13.0 Å². The molecule has 0 atom stereocenters. The van der Waals surface area contributed by atoms with Gasteiger partial charge in [0.2, 0.25) is 0 Å². The summed E-state index contributed by atoms with van der Waals surface area (Å²) in [6, 6.07) is 16.2. The first kappa shape index (κ1) is 27.9. The number of anilines is 1. The maximum Gasteiger partial charge on any atom is 0.133 e. The molecule has 2 aromatic carbocycles. The number of piperazine rings is 1. The lowest BCUT2D eigenvalue weighted by Gasteiger charge is -2.36. The van der Waals surface area contributed by atoms with Gasteiger partial charge >= 0.3 is 0 Å². The molecule has 202 valence electrons. The largest absolute Gasteiger partial charge is 0.361 e. The van der Waals surface area contributed by atoms with Gasteiger partial charge in [0.05, 0.1) is 11.6 Å². The van der Waals surface area contributed by atoms with Crippen LogP contribution in [0.2, 0.25) is 0 Å². The predicted molar refractivity (Wildman–Crippen MR) is 155 cm³/mol. The number of pyridine rings is 1. The molecule has 5 rings (SSSR count). The number of aryl methyl sites for hydroxylation is 1. The minimum Gasteiger partial charge on any atom is -0.361 e. The summed E-state index contributed by atoms with van der Waals surface area (Å²) in [7, 11) is 0. The van der Waals surface area contributed by atoms with Crippen molar-refractivity contribution in [2.45, 2.75) is 39.7 Å². The van der Waals surface area contributed by atoms with Crippen molar-refractivity contribution in [1.29, 1.82) is 5.26 Å². The van der Waals surface area contributed by atoms with Crippen LogP contribution in [0, 0.1) is 22.1 Å². The van der Waals surface area contributed by atoms with Crippen LogP contribution in [0.4, 0.5) is 10.2 Å². The molecule has 1 N–H and O–H groups in total. The maximum absolute atomic E-state index is 13.3. The number of unbranched alkanes of at least 4 members (excludes halogenated alkanes) is 1. The van der Waals surface area contributed by atoms with Gasteiger partial charge in [0.15, 0.2) is 0 Å². The number of aromatic amines is 1. The van der Waals surface area contributed by atoms with Crippen molar-refractivity contribution < 1.29 is 4.39 Å². The summed E-state index contributed by atoms with van der Waals surface area (Å²) in [5.74, 6) is 0.523. The zero-order valence-electron chi connectivity index (χ0n) is 22.7. The van der Waals surface area contributed by atoms with E-state index in [0.29, 0.717) is 5.56 Å². The van der Waals surface area contributed by atoms with Gasteiger partial charge < -0.3 is 9.88 Å². The van der Waals surface area contributed by atoms with Gasteiger partial charge in [-0.1, -0.05) is 31.2 Å². The number of nitrogens with one attached hydrogen (secondary N) is 1. The summed E-state index contributed by atoms with van der Waals surface area (Å²) in [6.07, 6.45) is 7.03. The summed E-state index contributed by atoms with van der Waals surface area (Å²) in [5, 5.41) is 13.4. The highest BCUT2D eigenvalue weighted by atomic mass is 19.1. The van der Waals surface area contributed by atoms with E-state index < -0.39 is 0 Å². The molecule has 1 saturated heterocycles. The molecule has 8 heteroatoms. The molecule has 0 amide bonds. The number of aromatic nitrogens is 2. The third kappa shape index (κ3) is 6.87. The second kappa shape index (κ2) is 13.6. The Morgan fingerprint density at radius 3 is 2.49 bits per heavy atom. The van der Waals surface area contributed by atoms with Gasteiger partial charge in [0.25, 0.3) is 0 Å². The molecule has 1 aliphatic rings. The Morgan fingerprint density at radius 2 is 1.77 bits per heavy atom. The number of fused-ring (bicyclic) bond motifs is 1. The number of rotatable bonds is 9. The molecule has 0 spiro atoms. The normalized spacial score (nSPS) is 13.5. The number of benzene rings is 2. The molecule has 0 radical (unpaired) electrons. The molecule has 1 aliphatic heterocycles. The number of nitriles is 1. The van der Waals surface area contributed by atoms with E-state index in [9.17, 15) is 14.6 Å². The highest BCUT2D eigenvalue weighted by Gasteiger charge is 2.21. The number of nitrogens with zero attached hydrogens (tertiary/aromatic N) is 5. The fourth-order valence-corrected chi connectivity index (χ4v) is 5.06. The highest BCUT2D eigenvalue weighted by Crippen LogP contribution is 2.27. The third-order valence-electron chi connectivity index (χ3n) is 7.09. The van der Waals surface area contributed by atoms with E-state index >= 15 is 0 Å². The van der Waals surface area contributed by atoms with Crippen LogP contribution in [0.15, 0.2) is 66.1 Å². The van der Waals surface area contributed by atoms with Gasteiger partial charge in [-0.25, -0.2) is 9.37 Å². The van der Waals surface area contributed by atoms with E-state index in [1.54, 1.807) is 18.3 Å². The molecule has 7 nitrogen and oxygen atoms in total. The monoisotopic (exact) mass is 526 g/mol. The van der Waals surface area contributed by atoms with Gasteiger partial charge in [-0.15, -0.1) is 0 Å². The number of hydrogen-bond donors (Lipinski definition) is 1. The van der Waals surface area contributed by atoms with Crippen LogP contribution in [0.3, 0.4) is 0 Å². The molecular weight excluding hydrogens is 491 g/mol. The first-order valence-corrected chi connectivity index (χ1v) is 13.7. The Morgan fingerprint density at radius 1 is 1.00 bits per heavy atom.